The molecule has 0 radical (unpaired) electrons. The predicted molar refractivity (Wildman–Crippen MR) is 99.8 cm³/mol. The van der Waals surface area contributed by atoms with Crippen molar-refractivity contribution >= 4 is 33.2 Å². The molecule has 0 aliphatic rings. The summed E-state index contributed by atoms with van der Waals surface area (Å²) in [5, 5.41) is 11.2. The lowest BCUT2D eigenvalue weighted by Crippen LogP contribution is -2.23. The summed E-state index contributed by atoms with van der Waals surface area (Å²) < 4.78 is 41.9. The topological polar surface area (TPSA) is 104 Å². The van der Waals surface area contributed by atoms with Gasteiger partial charge in [-0.2, -0.15) is 5.26 Å². The second-order valence-corrected chi connectivity index (χ2v) is 8.03. The Kier molecular flexibility index (Phi) is 6.26. The Morgan fingerprint density at radius 3 is 2.63 bits per heavy atom. The SMILES string of the molecule is CCNS(=O)(=O)c1cn(C(C)C)c(C(=O)Nc2ccc(F)c(C#N)c2)c1Cl. The van der Waals surface area contributed by atoms with Crippen LogP contribution in [0.15, 0.2) is 29.3 Å². The molecule has 0 atom stereocenters. The van der Waals surface area contributed by atoms with Gasteiger partial charge in [-0.3, -0.25) is 4.79 Å². The van der Waals surface area contributed by atoms with Gasteiger partial charge in [0.2, 0.25) is 10.0 Å². The second-order valence-electron chi connectivity index (χ2n) is 5.92. The molecule has 2 aromatic rings. The van der Waals surface area contributed by atoms with Crippen molar-refractivity contribution in [3.63, 3.8) is 0 Å². The number of rotatable bonds is 6. The molecule has 1 heterocycles. The van der Waals surface area contributed by atoms with Crippen molar-refractivity contribution in [3.05, 3.63) is 46.5 Å². The second kappa shape index (κ2) is 8.08. The van der Waals surface area contributed by atoms with E-state index in [1.807, 2.05) is 0 Å². The molecule has 1 aromatic heterocycles. The van der Waals surface area contributed by atoms with E-state index in [0.717, 1.165) is 6.07 Å². The minimum absolute atomic E-state index is 0.0500. The molecule has 10 heteroatoms. The number of nitriles is 1. The van der Waals surface area contributed by atoms with Crippen LogP contribution in [0.5, 0.6) is 0 Å². The number of nitrogens with one attached hydrogen (secondary N) is 2. The third-order valence-corrected chi connectivity index (χ3v) is 5.73. The summed E-state index contributed by atoms with van der Waals surface area (Å²) in [7, 11) is -3.87. The molecule has 144 valence electrons. The number of nitrogens with zero attached hydrogens (tertiary/aromatic N) is 2. The summed E-state index contributed by atoms with van der Waals surface area (Å²) in [6, 6.07) is 4.96. The Morgan fingerprint density at radius 1 is 1.41 bits per heavy atom. The first kappa shape index (κ1) is 20.9. The summed E-state index contributed by atoms with van der Waals surface area (Å²) in [6.07, 6.45) is 1.30. The zero-order chi connectivity index (χ0) is 20.4. The Bertz CT molecular complexity index is 1030. The van der Waals surface area contributed by atoms with E-state index in [9.17, 15) is 17.6 Å². The molecule has 2 N–H and O–H groups in total. The van der Waals surface area contributed by atoms with E-state index in [1.165, 1.54) is 22.9 Å². The fourth-order valence-electron chi connectivity index (χ4n) is 2.44. The van der Waals surface area contributed by atoms with Crippen molar-refractivity contribution < 1.29 is 17.6 Å². The van der Waals surface area contributed by atoms with Crippen LogP contribution in [0.2, 0.25) is 5.02 Å². The van der Waals surface area contributed by atoms with E-state index >= 15 is 0 Å². The van der Waals surface area contributed by atoms with Crippen LogP contribution in [0.25, 0.3) is 0 Å². The maximum Gasteiger partial charge on any atom is 0.273 e. The largest absolute Gasteiger partial charge is 0.338 e. The van der Waals surface area contributed by atoms with E-state index in [4.69, 9.17) is 16.9 Å². The molecule has 0 saturated carbocycles. The monoisotopic (exact) mass is 412 g/mol. The molecule has 0 aliphatic heterocycles. The molecule has 1 amide bonds. The quantitative estimate of drug-likeness (QED) is 0.759. The lowest BCUT2D eigenvalue weighted by molar-refractivity contribution is 0.101. The molecule has 0 saturated heterocycles. The number of carbonyl (C=O) groups excluding carboxylic acids is 1. The molecule has 0 unspecified atom stereocenters. The van der Waals surface area contributed by atoms with Crippen molar-refractivity contribution in [2.75, 3.05) is 11.9 Å². The van der Waals surface area contributed by atoms with Crippen LogP contribution in [0.4, 0.5) is 10.1 Å². The Hall–Kier alpha value is -2.41. The van der Waals surface area contributed by atoms with Crippen LogP contribution in [-0.2, 0) is 10.0 Å². The van der Waals surface area contributed by atoms with Gasteiger partial charge in [0, 0.05) is 24.5 Å². The smallest absolute Gasteiger partial charge is 0.273 e. The first-order chi connectivity index (χ1) is 12.6. The molecule has 0 aliphatic carbocycles. The van der Waals surface area contributed by atoms with E-state index < -0.39 is 21.7 Å². The van der Waals surface area contributed by atoms with Crippen LogP contribution in [-0.4, -0.2) is 25.4 Å². The lowest BCUT2D eigenvalue weighted by Gasteiger charge is -2.13. The number of hydrogen-bond donors (Lipinski definition) is 2. The van der Waals surface area contributed by atoms with Gasteiger partial charge in [0.1, 0.15) is 22.5 Å². The number of aromatic nitrogens is 1. The molecule has 0 fully saturated rings. The zero-order valence-electron chi connectivity index (χ0n) is 14.9. The maximum absolute atomic E-state index is 13.4. The van der Waals surface area contributed by atoms with Crippen LogP contribution in [0.3, 0.4) is 0 Å². The van der Waals surface area contributed by atoms with Crippen LogP contribution >= 0.6 is 11.6 Å². The highest BCUT2D eigenvalue weighted by molar-refractivity contribution is 7.89. The van der Waals surface area contributed by atoms with Gasteiger partial charge in [-0.05, 0) is 32.0 Å². The van der Waals surface area contributed by atoms with Gasteiger partial charge in [0.25, 0.3) is 5.91 Å². The summed E-state index contributed by atoms with van der Waals surface area (Å²) >= 11 is 6.23. The summed E-state index contributed by atoms with van der Waals surface area (Å²) in [5.41, 5.74) is -0.0962. The van der Waals surface area contributed by atoms with Crippen molar-refractivity contribution in [2.45, 2.75) is 31.7 Å². The normalized spacial score (nSPS) is 11.4. The molecule has 27 heavy (non-hydrogen) atoms. The number of amides is 1. The number of carbonyl (C=O) groups is 1. The van der Waals surface area contributed by atoms with Crippen molar-refractivity contribution in [2.24, 2.45) is 0 Å². The highest BCUT2D eigenvalue weighted by atomic mass is 35.5. The highest BCUT2D eigenvalue weighted by Gasteiger charge is 2.28. The molecule has 0 bridgehead atoms. The Morgan fingerprint density at radius 2 is 2.07 bits per heavy atom. The number of sulfonamides is 1. The van der Waals surface area contributed by atoms with Gasteiger partial charge >= 0.3 is 0 Å². The van der Waals surface area contributed by atoms with E-state index in [-0.39, 0.29) is 39.4 Å². The minimum atomic E-state index is -3.87. The van der Waals surface area contributed by atoms with Gasteiger partial charge in [-0.15, -0.1) is 0 Å². The first-order valence-corrected chi connectivity index (χ1v) is 9.89. The average Bonchev–Trinajstić information content (AvgIpc) is 2.95. The number of benzene rings is 1. The fraction of sp³-hybridized carbons (Fsp3) is 0.294. The highest BCUT2D eigenvalue weighted by Crippen LogP contribution is 2.31. The molecule has 7 nitrogen and oxygen atoms in total. The predicted octanol–water partition coefficient (Wildman–Crippen LogP) is 3.28. The summed E-state index contributed by atoms with van der Waals surface area (Å²) in [5.74, 6) is -1.39. The van der Waals surface area contributed by atoms with Crippen LogP contribution in [0, 0.1) is 17.1 Å². The molecular formula is C17H18ClFN4O3S. The van der Waals surface area contributed by atoms with E-state index in [2.05, 4.69) is 10.0 Å². The summed E-state index contributed by atoms with van der Waals surface area (Å²) in [6.45, 7) is 5.32. The number of anilines is 1. The van der Waals surface area contributed by atoms with Gasteiger partial charge < -0.3 is 9.88 Å². The van der Waals surface area contributed by atoms with Crippen LogP contribution < -0.4 is 10.0 Å². The van der Waals surface area contributed by atoms with Crippen molar-refractivity contribution in [1.82, 2.24) is 9.29 Å². The molecular weight excluding hydrogens is 395 g/mol. The third-order valence-electron chi connectivity index (χ3n) is 3.68. The third kappa shape index (κ3) is 4.30. The molecule has 2 rings (SSSR count). The Balaban J connectivity index is 2.49. The lowest BCUT2D eigenvalue weighted by atomic mass is 10.2. The van der Waals surface area contributed by atoms with E-state index in [1.54, 1.807) is 26.8 Å². The zero-order valence-corrected chi connectivity index (χ0v) is 16.4. The summed E-state index contributed by atoms with van der Waals surface area (Å²) in [4.78, 5) is 12.5. The average molecular weight is 413 g/mol. The van der Waals surface area contributed by atoms with Gasteiger partial charge in [-0.25, -0.2) is 17.5 Å². The van der Waals surface area contributed by atoms with E-state index in [0.29, 0.717) is 0 Å². The van der Waals surface area contributed by atoms with Gasteiger partial charge in [0.05, 0.1) is 10.6 Å². The fourth-order valence-corrected chi connectivity index (χ4v) is 4.09. The molecule has 1 aromatic carbocycles. The number of halogens is 2. The van der Waals surface area contributed by atoms with Gasteiger partial charge in [0.15, 0.2) is 0 Å². The van der Waals surface area contributed by atoms with Gasteiger partial charge in [-0.1, -0.05) is 18.5 Å². The van der Waals surface area contributed by atoms with Crippen molar-refractivity contribution in [3.8, 4) is 6.07 Å². The Labute approximate surface area is 161 Å². The minimum Gasteiger partial charge on any atom is -0.338 e. The standard InChI is InChI=1S/C17H18ClFN4O3S/c1-4-21-27(25,26)14-9-23(10(2)3)16(15(14)18)17(24)22-12-5-6-13(19)11(7-12)8-20/h5-7,9-10,21H,4H2,1-3H3,(H,22,24). The first-order valence-electron chi connectivity index (χ1n) is 8.03. The number of hydrogen-bond acceptors (Lipinski definition) is 4. The van der Waals surface area contributed by atoms with Crippen LogP contribution in [0.1, 0.15) is 42.9 Å². The van der Waals surface area contributed by atoms with Crippen molar-refractivity contribution in [1.29, 1.82) is 5.26 Å². The molecule has 0 spiro atoms. The maximum atomic E-state index is 13.4.